The lowest BCUT2D eigenvalue weighted by molar-refractivity contribution is 0.246. The summed E-state index contributed by atoms with van der Waals surface area (Å²) in [5, 5.41) is 0. The highest BCUT2D eigenvalue weighted by Crippen LogP contribution is 2.68. The molecule has 0 bridgehead atoms. The van der Waals surface area contributed by atoms with Gasteiger partial charge in [0, 0.05) is 5.54 Å². The standard InChI is InChI=1S/C15H19N/c16-15(7-8-15)14(5-6-14)13-9-11-3-1-2-4-12(11)10-13/h1-4,13H,5-10,16H2. The number of fused-ring (bicyclic) bond motifs is 1. The average molecular weight is 213 g/mol. The average Bonchev–Trinajstić information content (AvgIpc) is 3.18. The summed E-state index contributed by atoms with van der Waals surface area (Å²) in [5.74, 6) is 0.845. The summed E-state index contributed by atoms with van der Waals surface area (Å²) < 4.78 is 0. The molecule has 3 aliphatic carbocycles. The van der Waals surface area contributed by atoms with Crippen molar-refractivity contribution in [1.82, 2.24) is 0 Å². The highest BCUT2D eigenvalue weighted by Gasteiger charge is 2.66. The molecule has 3 aliphatic rings. The minimum Gasteiger partial charge on any atom is -0.325 e. The number of rotatable bonds is 2. The van der Waals surface area contributed by atoms with Crippen LogP contribution in [0.1, 0.15) is 36.8 Å². The third-order valence-electron chi connectivity index (χ3n) is 5.40. The van der Waals surface area contributed by atoms with Crippen molar-refractivity contribution >= 4 is 0 Å². The number of hydrogen-bond acceptors (Lipinski definition) is 1. The zero-order valence-electron chi connectivity index (χ0n) is 9.71. The Labute approximate surface area is 97.0 Å². The summed E-state index contributed by atoms with van der Waals surface area (Å²) in [7, 11) is 0. The molecular weight excluding hydrogens is 194 g/mol. The highest BCUT2D eigenvalue weighted by molar-refractivity contribution is 5.35. The summed E-state index contributed by atoms with van der Waals surface area (Å²) in [4.78, 5) is 0. The summed E-state index contributed by atoms with van der Waals surface area (Å²) in [6, 6.07) is 8.97. The minimum atomic E-state index is 0.236. The molecule has 0 atom stereocenters. The normalized spacial score (nSPS) is 28.8. The van der Waals surface area contributed by atoms with E-state index < -0.39 is 0 Å². The Morgan fingerprint density at radius 2 is 1.50 bits per heavy atom. The van der Waals surface area contributed by atoms with E-state index in [1.807, 2.05) is 0 Å². The third-order valence-corrected chi connectivity index (χ3v) is 5.40. The van der Waals surface area contributed by atoms with Crippen LogP contribution in [0.4, 0.5) is 0 Å². The van der Waals surface area contributed by atoms with E-state index in [1.54, 1.807) is 11.1 Å². The molecule has 0 amide bonds. The molecule has 1 aromatic rings. The van der Waals surface area contributed by atoms with Crippen LogP contribution in [0.25, 0.3) is 0 Å². The van der Waals surface area contributed by atoms with Crippen LogP contribution in [0.3, 0.4) is 0 Å². The number of nitrogens with two attached hydrogens (primary N) is 1. The van der Waals surface area contributed by atoms with Crippen LogP contribution in [0.15, 0.2) is 24.3 Å². The Balaban J connectivity index is 1.65. The van der Waals surface area contributed by atoms with Crippen molar-refractivity contribution in [3.05, 3.63) is 35.4 Å². The first-order valence-electron chi connectivity index (χ1n) is 6.59. The van der Waals surface area contributed by atoms with Crippen molar-refractivity contribution < 1.29 is 0 Å². The first-order chi connectivity index (χ1) is 7.74. The van der Waals surface area contributed by atoms with Crippen LogP contribution in [-0.4, -0.2) is 5.54 Å². The zero-order chi connectivity index (χ0) is 10.8. The van der Waals surface area contributed by atoms with Crippen LogP contribution in [-0.2, 0) is 12.8 Å². The molecule has 84 valence electrons. The molecule has 0 heterocycles. The molecule has 0 spiro atoms. The maximum atomic E-state index is 6.50. The Morgan fingerprint density at radius 3 is 1.94 bits per heavy atom. The number of hydrogen-bond donors (Lipinski definition) is 1. The maximum Gasteiger partial charge on any atom is 0.0215 e. The Kier molecular flexibility index (Phi) is 1.56. The molecule has 1 aromatic carbocycles. The van der Waals surface area contributed by atoms with Crippen LogP contribution in [0, 0.1) is 11.3 Å². The second-order valence-corrected chi connectivity index (χ2v) is 6.19. The fourth-order valence-electron chi connectivity index (χ4n) is 4.03. The molecule has 2 N–H and O–H groups in total. The fraction of sp³-hybridized carbons (Fsp3) is 0.600. The van der Waals surface area contributed by atoms with Gasteiger partial charge in [-0.25, -0.2) is 0 Å². The van der Waals surface area contributed by atoms with Gasteiger partial charge >= 0.3 is 0 Å². The summed E-state index contributed by atoms with van der Waals surface area (Å²) in [5.41, 5.74) is 10.4. The van der Waals surface area contributed by atoms with Gasteiger partial charge in [0.25, 0.3) is 0 Å². The SMILES string of the molecule is NC1(C2(C3Cc4ccccc4C3)CC2)CC1. The van der Waals surface area contributed by atoms with E-state index in [2.05, 4.69) is 24.3 Å². The summed E-state index contributed by atoms with van der Waals surface area (Å²) in [6.07, 6.45) is 7.91. The maximum absolute atomic E-state index is 6.50. The molecule has 0 radical (unpaired) electrons. The van der Waals surface area contributed by atoms with Crippen molar-refractivity contribution in [2.24, 2.45) is 17.1 Å². The molecule has 2 saturated carbocycles. The summed E-state index contributed by atoms with van der Waals surface area (Å²) >= 11 is 0. The van der Waals surface area contributed by atoms with Crippen molar-refractivity contribution in [2.45, 2.75) is 44.1 Å². The molecule has 0 aromatic heterocycles. The van der Waals surface area contributed by atoms with E-state index in [0.717, 1.165) is 5.92 Å². The van der Waals surface area contributed by atoms with Gasteiger partial charge < -0.3 is 5.73 Å². The largest absolute Gasteiger partial charge is 0.325 e. The molecule has 1 heteroatoms. The van der Waals surface area contributed by atoms with Crippen LogP contribution < -0.4 is 5.73 Å². The van der Waals surface area contributed by atoms with Crippen LogP contribution in [0.5, 0.6) is 0 Å². The number of benzene rings is 1. The van der Waals surface area contributed by atoms with Gasteiger partial charge in [-0.2, -0.15) is 0 Å². The molecule has 4 rings (SSSR count). The predicted octanol–water partition coefficient (Wildman–Crippen LogP) is 2.67. The monoisotopic (exact) mass is 213 g/mol. The van der Waals surface area contributed by atoms with Gasteiger partial charge in [-0.3, -0.25) is 0 Å². The second kappa shape index (κ2) is 2.70. The lowest BCUT2D eigenvalue weighted by Crippen LogP contribution is -2.39. The van der Waals surface area contributed by atoms with Gasteiger partial charge in [0.1, 0.15) is 0 Å². The molecule has 1 nitrogen and oxygen atoms in total. The first-order valence-corrected chi connectivity index (χ1v) is 6.59. The van der Waals surface area contributed by atoms with Gasteiger partial charge in [0.15, 0.2) is 0 Å². The van der Waals surface area contributed by atoms with E-state index in [4.69, 9.17) is 5.73 Å². The van der Waals surface area contributed by atoms with Gasteiger partial charge in [0.05, 0.1) is 0 Å². The first kappa shape index (κ1) is 9.23. The van der Waals surface area contributed by atoms with Gasteiger partial charge in [-0.15, -0.1) is 0 Å². The Bertz CT molecular complexity index is 416. The smallest absolute Gasteiger partial charge is 0.0215 e. The van der Waals surface area contributed by atoms with Crippen LogP contribution in [0.2, 0.25) is 0 Å². The van der Waals surface area contributed by atoms with Crippen molar-refractivity contribution in [3.8, 4) is 0 Å². The van der Waals surface area contributed by atoms with Gasteiger partial charge in [-0.05, 0) is 61.0 Å². The van der Waals surface area contributed by atoms with Gasteiger partial charge in [-0.1, -0.05) is 24.3 Å². The molecule has 0 unspecified atom stereocenters. The van der Waals surface area contributed by atoms with Crippen molar-refractivity contribution in [3.63, 3.8) is 0 Å². The van der Waals surface area contributed by atoms with E-state index in [-0.39, 0.29) is 5.54 Å². The van der Waals surface area contributed by atoms with Gasteiger partial charge in [0.2, 0.25) is 0 Å². The lowest BCUT2D eigenvalue weighted by Gasteiger charge is -2.29. The fourth-order valence-corrected chi connectivity index (χ4v) is 4.03. The Hall–Kier alpha value is -0.820. The van der Waals surface area contributed by atoms with Crippen LogP contribution >= 0.6 is 0 Å². The Morgan fingerprint density at radius 1 is 0.938 bits per heavy atom. The van der Waals surface area contributed by atoms with Crippen molar-refractivity contribution in [2.75, 3.05) is 0 Å². The van der Waals surface area contributed by atoms with E-state index >= 15 is 0 Å². The minimum absolute atomic E-state index is 0.236. The molecule has 0 aliphatic heterocycles. The zero-order valence-corrected chi connectivity index (χ0v) is 9.71. The lowest BCUT2D eigenvalue weighted by atomic mass is 9.79. The molecule has 2 fully saturated rings. The molecular formula is C15H19N. The molecule has 0 saturated heterocycles. The van der Waals surface area contributed by atoms with Crippen molar-refractivity contribution in [1.29, 1.82) is 0 Å². The predicted molar refractivity (Wildman–Crippen MR) is 65.2 cm³/mol. The topological polar surface area (TPSA) is 26.0 Å². The highest BCUT2D eigenvalue weighted by atomic mass is 14.9. The van der Waals surface area contributed by atoms with E-state index in [0.29, 0.717) is 5.41 Å². The van der Waals surface area contributed by atoms with E-state index in [9.17, 15) is 0 Å². The van der Waals surface area contributed by atoms with E-state index in [1.165, 1.54) is 38.5 Å². The second-order valence-electron chi connectivity index (χ2n) is 6.19. The molecule has 16 heavy (non-hydrogen) atoms. The third kappa shape index (κ3) is 1.05. The quantitative estimate of drug-likeness (QED) is 0.803. The summed E-state index contributed by atoms with van der Waals surface area (Å²) in [6.45, 7) is 0.